The molecule has 0 saturated carbocycles. The number of aliphatic hydroxyl groups is 1. The molecule has 1 rings (SSSR count). The third-order valence-electron chi connectivity index (χ3n) is 2.78. The van der Waals surface area contributed by atoms with Gasteiger partial charge in [0, 0.05) is 19.1 Å². The minimum absolute atomic E-state index is 0.0565. The molecule has 1 atom stereocenters. The van der Waals surface area contributed by atoms with Gasteiger partial charge < -0.3 is 15.6 Å². The van der Waals surface area contributed by atoms with Crippen molar-refractivity contribution in [1.82, 2.24) is 0 Å². The van der Waals surface area contributed by atoms with Crippen molar-refractivity contribution in [2.75, 3.05) is 20.3 Å². The lowest BCUT2D eigenvalue weighted by atomic mass is 9.84. The molecular weight excluding hydrogens is 202 g/mol. The van der Waals surface area contributed by atoms with Crippen LogP contribution in [0.3, 0.4) is 0 Å². The van der Waals surface area contributed by atoms with E-state index in [0.717, 1.165) is 11.1 Å². The van der Waals surface area contributed by atoms with Crippen molar-refractivity contribution in [2.45, 2.75) is 25.4 Å². The summed E-state index contributed by atoms with van der Waals surface area (Å²) in [6.45, 7) is 5.12. The van der Waals surface area contributed by atoms with Crippen LogP contribution in [0.2, 0.25) is 0 Å². The largest absolute Gasteiger partial charge is 0.387 e. The van der Waals surface area contributed by atoms with E-state index in [0.29, 0.717) is 6.61 Å². The fraction of sp³-hybridized carbons (Fsp3) is 0.538. The molecule has 0 heterocycles. The normalized spacial score (nSPS) is 13.8. The summed E-state index contributed by atoms with van der Waals surface area (Å²) in [5, 5.41) is 9.69. The van der Waals surface area contributed by atoms with Crippen molar-refractivity contribution in [3.05, 3.63) is 35.4 Å². The molecule has 0 aliphatic carbocycles. The Hall–Kier alpha value is -0.900. The molecule has 3 N–H and O–H groups in total. The van der Waals surface area contributed by atoms with Crippen molar-refractivity contribution in [2.24, 2.45) is 5.73 Å². The summed E-state index contributed by atoms with van der Waals surface area (Å²) in [7, 11) is 1.69. The van der Waals surface area contributed by atoms with E-state index in [1.807, 2.05) is 24.3 Å². The highest BCUT2D eigenvalue weighted by molar-refractivity contribution is 5.30. The van der Waals surface area contributed by atoms with Gasteiger partial charge in [0.1, 0.15) is 0 Å². The maximum atomic E-state index is 9.69. The van der Waals surface area contributed by atoms with Gasteiger partial charge in [-0.05, 0) is 11.1 Å². The Morgan fingerprint density at radius 2 is 2.12 bits per heavy atom. The van der Waals surface area contributed by atoms with Crippen LogP contribution in [0.4, 0.5) is 0 Å². The fourth-order valence-electron chi connectivity index (χ4n) is 1.75. The fourth-order valence-corrected chi connectivity index (χ4v) is 1.75. The van der Waals surface area contributed by atoms with E-state index in [9.17, 15) is 5.11 Å². The summed E-state index contributed by atoms with van der Waals surface area (Å²) in [4.78, 5) is 0. The Morgan fingerprint density at radius 1 is 1.44 bits per heavy atom. The molecule has 0 aromatic heterocycles. The second-order valence-electron chi connectivity index (χ2n) is 4.69. The molecule has 0 amide bonds. The van der Waals surface area contributed by atoms with Crippen molar-refractivity contribution in [1.29, 1.82) is 0 Å². The zero-order valence-electron chi connectivity index (χ0n) is 10.2. The standard InChI is InChI=1S/C13H21NO2/c1-13(2,9-16-3)11-6-4-5-10(7-11)12(15)8-14/h4-7,12,15H,8-9,14H2,1-3H3. The summed E-state index contributed by atoms with van der Waals surface area (Å²) >= 11 is 0. The number of ether oxygens (including phenoxy) is 1. The van der Waals surface area contributed by atoms with Crippen molar-refractivity contribution in [3.8, 4) is 0 Å². The molecule has 1 aromatic rings. The van der Waals surface area contributed by atoms with E-state index < -0.39 is 6.10 Å². The molecular formula is C13H21NO2. The van der Waals surface area contributed by atoms with Crippen LogP contribution in [0.15, 0.2) is 24.3 Å². The highest BCUT2D eigenvalue weighted by atomic mass is 16.5. The molecule has 0 saturated heterocycles. The summed E-state index contributed by atoms with van der Waals surface area (Å²) in [5.74, 6) is 0. The Balaban J connectivity index is 2.98. The number of benzene rings is 1. The summed E-state index contributed by atoms with van der Waals surface area (Å²) in [6, 6.07) is 7.88. The molecule has 90 valence electrons. The number of hydrogen-bond acceptors (Lipinski definition) is 3. The van der Waals surface area contributed by atoms with Crippen molar-refractivity contribution >= 4 is 0 Å². The first kappa shape index (κ1) is 13.2. The lowest BCUT2D eigenvalue weighted by Crippen LogP contribution is -2.24. The van der Waals surface area contributed by atoms with Gasteiger partial charge in [0.2, 0.25) is 0 Å². The number of aliphatic hydroxyl groups excluding tert-OH is 1. The Morgan fingerprint density at radius 3 is 2.69 bits per heavy atom. The van der Waals surface area contributed by atoms with Crippen molar-refractivity contribution in [3.63, 3.8) is 0 Å². The van der Waals surface area contributed by atoms with Crippen LogP contribution in [0.25, 0.3) is 0 Å². The van der Waals surface area contributed by atoms with Gasteiger partial charge in [0.05, 0.1) is 12.7 Å². The molecule has 0 fully saturated rings. The van der Waals surface area contributed by atoms with Gasteiger partial charge in [0.15, 0.2) is 0 Å². The minimum Gasteiger partial charge on any atom is -0.387 e. The Bertz CT molecular complexity index is 336. The van der Waals surface area contributed by atoms with Crippen LogP contribution in [-0.4, -0.2) is 25.4 Å². The molecule has 3 heteroatoms. The topological polar surface area (TPSA) is 55.5 Å². The van der Waals surface area contributed by atoms with Gasteiger partial charge in [-0.25, -0.2) is 0 Å². The second-order valence-corrected chi connectivity index (χ2v) is 4.69. The van der Waals surface area contributed by atoms with E-state index in [1.54, 1.807) is 7.11 Å². The number of nitrogens with two attached hydrogens (primary N) is 1. The Labute approximate surface area is 97.2 Å². The first-order chi connectivity index (χ1) is 7.51. The maximum absolute atomic E-state index is 9.69. The van der Waals surface area contributed by atoms with Crippen LogP contribution in [0.1, 0.15) is 31.1 Å². The number of rotatable bonds is 5. The predicted molar refractivity (Wildman–Crippen MR) is 65.4 cm³/mol. The monoisotopic (exact) mass is 223 g/mol. The molecule has 0 aliphatic rings. The van der Waals surface area contributed by atoms with Gasteiger partial charge in [-0.2, -0.15) is 0 Å². The van der Waals surface area contributed by atoms with Gasteiger partial charge >= 0.3 is 0 Å². The van der Waals surface area contributed by atoms with E-state index in [-0.39, 0.29) is 12.0 Å². The zero-order chi connectivity index (χ0) is 12.2. The van der Waals surface area contributed by atoms with Gasteiger partial charge in [0.25, 0.3) is 0 Å². The van der Waals surface area contributed by atoms with Crippen LogP contribution < -0.4 is 5.73 Å². The van der Waals surface area contributed by atoms with E-state index in [2.05, 4.69) is 13.8 Å². The van der Waals surface area contributed by atoms with Gasteiger partial charge in [-0.15, -0.1) is 0 Å². The highest BCUT2D eigenvalue weighted by Crippen LogP contribution is 2.25. The quantitative estimate of drug-likeness (QED) is 0.797. The van der Waals surface area contributed by atoms with E-state index >= 15 is 0 Å². The average molecular weight is 223 g/mol. The van der Waals surface area contributed by atoms with Crippen molar-refractivity contribution < 1.29 is 9.84 Å². The lowest BCUT2D eigenvalue weighted by molar-refractivity contribution is 0.146. The Kier molecular flexibility index (Phi) is 4.47. The smallest absolute Gasteiger partial charge is 0.0912 e. The molecule has 0 spiro atoms. The minimum atomic E-state index is -0.585. The summed E-state index contributed by atoms with van der Waals surface area (Å²) in [5.41, 5.74) is 7.41. The summed E-state index contributed by atoms with van der Waals surface area (Å²) in [6.07, 6.45) is -0.585. The average Bonchev–Trinajstić information content (AvgIpc) is 2.28. The second kappa shape index (κ2) is 5.43. The molecule has 1 unspecified atom stereocenters. The highest BCUT2D eigenvalue weighted by Gasteiger charge is 2.21. The SMILES string of the molecule is COCC(C)(C)c1cccc(C(O)CN)c1. The molecule has 0 aliphatic heterocycles. The van der Waals surface area contributed by atoms with Crippen LogP contribution in [0, 0.1) is 0 Å². The molecule has 16 heavy (non-hydrogen) atoms. The van der Waals surface area contributed by atoms with Gasteiger partial charge in [-0.1, -0.05) is 38.1 Å². The summed E-state index contributed by atoms with van der Waals surface area (Å²) < 4.78 is 5.20. The predicted octanol–water partition coefficient (Wildman–Crippen LogP) is 1.60. The van der Waals surface area contributed by atoms with E-state index in [1.165, 1.54) is 0 Å². The van der Waals surface area contributed by atoms with Gasteiger partial charge in [-0.3, -0.25) is 0 Å². The number of methoxy groups -OCH3 is 1. The third-order valence-corrected chi connectivity index (χ3v) is 2.78. The third kappa shape index (κ3) is 3.04. The first-order valence-electron chi connectivity index (χ1n) is 5.49. The lowest BCUT2D eigenvalue weighted by Gasteiger charge is -2.25. The van der Waals surface area contributed by atoms with Crippen LogP contribution in [-0.2, 0) is 10.2 Å². The number of hydrogen-bond donors (Lipinski definition) is 2. The maximum Gasteiger partial charge on any atom is 0.0912 e. The molecule has 0 radical (unpaired) electrons. The van der Waals surface area contributed by atoms with Crippen LogP contribution in [0.5, 0.6) is 0 Å². The van der Waals surface area contributed by atoms with Crippen LogP contribution >= 0.6 is 0 Å². The zero-order valence-corrected chi connectivity index (χ0v) is 10.2. The molecule has 0 bridgehead atoms. The molecule has 3 nitrogen and oxygen atoms in total. The molecule has 1 aromatic carbocycles. The first-order valence-corrected chi connectivity index (χ1v) is 5.49. The van der Waals surface area contributed by atoms with E-state index in [4.69, 9.17) is 10.5 Å².